The Kier molecular flexibility index (Phi) is 7.76. The highest BCUT2D eigenvalue weighted by atomic mass is 32.2. The van der Waals surface area contributed by atoms with Crippen LogP contribution in [0.15, 0.2) is 40.5 Å². The molecular weight excluding hydrogens is 404 g/mol. The molecule has 0 saturated carbocycles. The van der Waals surface area contributed by atoms with Crippen LogP contribution in [0.5, 0.6) is 0 Å². The molecule has 0 unspecified atom stereocenters. The van der Waals surface area contributed by atoms with Crippen molar-refractivity contribution in [1.82, 2.24) is 25.1 Å². The Labute approximate surface area is 179 Å². The zero-order valence-electron chi connectivity index (χ0n) is 16.9. The van der Waals surface area contributed by atoms with Crippen molar-refractivity contribution in [3.63, 3.8) is 0 Å². The van der Waals surface area contributed by atoms with E-state index in [0.29, 0.717) is 18.7 Å². The first kappa shape index (κ1) is 21.4. The predicted molar refractivity (Wildman–Crippen MR) is 121 cm³/mol. The Morgan fingerprint density at radius 2 is 2.00 bits per heavy atom. The van der Waals surface area contributed by atoms with Crippen molar-refractivity contribution in [2.45, 2.75) is 36.9 Å². The third-order valence-electron chi connectivity index (χ3n) is 4.25. The minimum Gasteiger partial charge on any atom is -0.369 e. The van der Waals surface area contributed by atoms with E-state index in [0.717, 1.165) is 45.6 Å². The minimum absolute atomic E-state index is 0.0754. The van der Waals surface area contributed by atoms with Gasteiger partial charge < -0.3 is 10.6 Å². The van der Waals surface area contributed by atoms with Crippen LogP contribution in [-0.2, 0) is 6.54 Å². The van der Waals surface area contributed by atoms with Gasteiger partial charge in [0.25, 0.3) is 5.91 Å². The molecule has 2 N–H and O–H groups in total. The van der Waals surface area contributed by atoms with Crippen LogP contribution in [0, 0.1) is 0 Å². The SMILES string of the molecule is CCCNc1nc(SCC)nc2c1cnn2CCNC(=O)c1ccccc1SC. The molecule has 0 bridgehead atoms. The summed E-state index contributed by atoms with van der Waals surface area (Å²) in [4.78, 5) is 22.8. The van der Waals surface area contributed by atoms with Crippen LogP contribution >= 0.6 is 23.5 Å². The quantitative estimate of drug-likeness (QED) is 0.372. The second-order valence-electron chi connectivity index (χ2n) is 6.28. The molecule has 0 spiro atoms. The highest BCUT2D eigenvalue weighted by molar-refractivity contribution is 7.99. The third-order valence-corrected chi connectivity index (χ3v) is 5.78. The number of fused-ring (bicyclic) bond motifs is 1. The maximum atomic E-state index is 12.5. The largest absolute Gasteiger partial charge is 0.369 e. The van der Waals surface area contributed by atoms with Gasteiger partial charge in [0, 0.05) is 18.0 Å². The minimum atomic E-state index is -0.0754. The maximum absolute atomic E-state index is 12.5. The molecule has 0 fully saturated rings. The molecule has 7 nitrogen and oxygen atoms in total. The molecule has 0 atom stereocenters. The molecule has 0 radical (unpaired) electrons. The van der Waals surface area contributed by atoms with Crippen LogP contribution in [0.2, 0.25) is 0 Å². The number of hydrogen-bond donors (Lipinski definition) is 2. The number of carbonyl (C=O) groups is 1. The summed E-state index contributed by atoms with van der Waals surface area (Å²) in [6.45, 7) is 6.05. The lowest BCUT2D eigenvalue weighted by molar-refractivity contribution is 0.0949. The Morgan fingerprint density at radius 1 is 1.17 bits per heavy atom. The molecule has 9 heteroatoms. The van der Waals surface area contributed by atoms with Crippen LogP contribution in [-0.4, -0.2) is 50.8 Å². The smallest absolute Gasteiger partial charge is 0.252 e. The van der Waals surface area contributed by atoms with Crippen molar-refractivity contribution >= 4 is 46.3 Å². The number of carbonyl (C=O) groups excluding carboxylic acids is 1. The van der Waals surface area contributed by atoms with Gasteiger partial charge in [0.2, 0.25) is 0 Å². The Bertz CT molecular complexity index is 975. The molecule has 0 saturated heterocycles. The fraction of sp³-hybridized carbons (Fsp3) is 0.400. The monoisotopic (exact) mass is 430 g/mol. The standard InChI is InChI=1S/C20H26N6OS2/c1-4-10-21-17-15-13-23-26(18(15)25-20(24-17)29-5-2)12-11-22-19(27)14-8-6-7-9-16(14)28-3/h6-9,13H,4-5,10-12H2,1-3H3,(H,22,27)(H,21,24,25). The summed E-state index contributed by atoms with van der Waals surface area (Å²) in [5, 5.41) is 12.5. The van der Waals surface area contributed by atoms with Gasteiger partial charge in [-0.1, -0.05) is 37.7 Å². The number of nitrogens with one attached hydrogen (secondary N) is 2. The summed E-state index contributed by atoms with van der Waals surface area (Å²) < 4.78 is 1.83. The van der Waals surface area contributed by atoms with Gasteiger partial charge in [-0.15, -0.1) is 11.8 Å². The zero-order chi connectivity index (χ0) is 20.6. The van der Waals surface area contributed by atoms with Crippen LogP contribution in [0.25, 0.3) is 11.0 Å². The molecular formula is C20H26N6OS2. The molecule has 29 heavy (non-hydrogen) atoms. The van der Waals surface area contributed by atoms with Crippen molar-refractivity contribution in [1.29, 1.82) is 0 Å². The summed E-state index contributed by atoms with van der Waals surface area (Å²) in [6.07, 6.45) is 4.77. The molecule has 154 valence electrons. The summed E-state index contributed by atoms with van der Waals surface area (Å²) in [5.74, 6) is 1.64. The highest BCUT2D eigenvalue weighted by Gasteiger charge is 2.14. The van der Waals surface area contributed by atoms with Gasteiger partial charge in [0.1, 0.15) is 5.82 Å². The van der Waals surface area contributed by atoms with Gasteiger partial charge in [-0.05, 0) is 30.6 Å². The lowest BCUT2D eigenvalue weighted by Crippen LogP contribution is -2.28. The Morgan fingerprint density at radius 3 is 2.76 bits per heavy atom. The molecule has 1 amide bonds. The fourth-order valence-electron chi connectivity index (χ4n) is 2.87. The number of nitrogens with zero attached hydrogens (tertiary/aromatic N) is 4. The molecule has 1 aromatic carbocycles. The molecule has 0 aliphatic rings. The van der Waals surface area contributed by atoms with Crippen molar-refractivity contribution < 1.29 is 4.79 Å². The van der Waals surface area contributed by atoms with Crippen LogP contribution in [0.4, 0.5) is 5.82 Å². The van der Waals surface area contributed by atoms with Crippen molar-refractivity contribution in [2.75, 3.05) is 30.4 Å². The van der Waals surface area contributed by atoms with Crippen molar-refractivity contribution in [3.05, 3.63) is 36.0 Å². The van der Waals surface area contributed by atoms with Gasteiger partial charge in [-0.2, -0.15) is 5.10 Å². The second kappa shape index (κ2) is 10.5. The average Bonchev–Trinajstić information content (AvgIpc) is 3.15. The van der Waals surface area contributed by atoms with E-state index < -0.39 is 0 Å². The number of hydrogen-bond acceptors (Lipinski definition) is 7. The summed E-state index contributed by atoms with van der Waals surface area (Å²) in [6, 6.07) is 7.62. The summed E-state index contributed by atoms with van der Waals surface area (Å²) >= 11 is 3.17. The number of aromatic nitrogens is 4. The second-order valence-corrected chi connectivity index (χ2v) is 8.36. The highest BCUT2D eigenvalue weighted by Crippen LogP contribution is 2.24. The Balaban J connectivity index is 1.74. The molecule has 3 rings (SSSR count). The maximum Gasteiger partial charge on any atom is 0.252 e. The van der Waals surface area contributed by atoms with E-state index in [2.05, 4.69) is 39.5 Å². The first-order valence-electron chi connectivity index (χ1n) is 9.69. The summed E-state index contributed by atoms with van der Waals surface area (Å²) in [5.41, 5.74) is 1.48. The third kappa shape index (κ3) is 5.22. The van der Waals surface area contributed by atoms with Gasteiger partial charge >= 0.3 is 0 Å². The molecule has 2 aromatic heterocycles. The van der Waals surface area contributed by atoms with E-state index in [1.54, 1.807) is 29.7 Å². The van der Waals surface area contributed by atoms with E-state index in [4.69, 9.17) is 0 Å². The van der Waals surface area contributed by atoms with Crippen molar-refractivity contribution in [3.8, 4) is 0 Å². The van der Waals surface area contributed by atoms with E-state index in [1.807, 2.05) is 35.2 Å². The predicted octanol–water partition coefficient (Wildman–Crippen LogP) is 3.91. The molecule has 0 aliphatic heterocycles. The fourth-order valence-corrected chi connectivity index (χ4v) is 4.03. The van der Waals surface area contributed by atoms with Crippen molar-refractivity contribution in [2.24, 2.45) is 0 Å². The van der Waals surface area contributed by atoms with Gasteiger partial charge in [0.05, 0.1) is 23.7 Å². The molecule has 2 heterocycles. The first-order valence-corrected chi connectivity index (χ1v) is 11.9. The van der Waals surface area contributed by atoms with Crippen LogP contribution in [0.3, 0.4) is 0 Å². The molecule has 3 aromatic rings. The van der Waals surface area contributed by atoms with Gasteiger partial charge in [0.15, 0.2) is 10.8 Å². The van der Waals surface area contributed by atoms with Gasteiger partial charge in [-0.3, -0.25) is 4.79 Å². The number of rotatable bonds is 10. The van der Waals surface area contributed by atoms with E-state index in [9.17, 15) is 4.79 Å². The number of benzene rings is 1. The normalized spacial score (nSPS) is 11.0. The lowest BCUT2D eigenvalue weighted by atomic mass is 10.2. The van der Waals surface area contributed by atoms with Crippen LogP contribution in [0.1, 0.15) is 30.6 Å². The first-order chi connectivity index (χ1) is 14.2. The number of thioether (sulfide) groups is 2. The lowest BCUT2D eigenvalue weighted by Gasteiger charge is -2.10. The molecule has 0 aliphatic carbocycles. The summed E-state index contributed by atoms with van der Waals surface area (Å²) in [7, 11) is 0. The topological polar surface area (TPSA) is 84.7 Å². The van der Waals surface area contributed by atoms with E-state index in [-0.39, 0.29) is 5.91 Å². The average molecular weight is 431 g/mol. The Hall–Kier alpha value is -2.26. The number of amides is 1. The zero-order valence-corrected chi connectivity index (χ0v) is 18.6. The van der Waals surface area contributed by atoms with Gasteiger partial charge in [-0.25, -0.2) is 14.6 Å². The van der Waals surface area contributed by atoms with Crippen LogP contribution < -0.4 is 10.6 Å². The number of anilines is 1. The van der Waals surface area contributed by atoms with E-state index >= 15 is 0 Å². The van der Waals surface area contributed by atoms with E-state index in [1.165, 1.54) is 0 Å².